The molecule has 0 N–H and O–H groups in total. The molecule has 1 saturated heterocycles. The Hall–Kier alpha value is -0.790. The zero-order valence-electron chi connectivity index (χ0n) is 8.80. The molecule has 13 heavy (non-hydrogen) atoms. The molecule has 2 rings (SSSR count). The summed E-state index contributed by atoms with van der Waals surface area (Å²) in [6.07, 6.45) is 3.92. The molecule has 2 aliphatic heterocycles. The number of allylic oxidation sites excluding steroid dienone is 1. The van der Waals surface area contributed by atoms with Crippen LogP contribution in [-0.4, -0.2) is 23.3 Å². The van der Waals surface area contributed by atoms with Gasteiger partial charge in [0.05, 0.1) is 6.04 Å². The lowest BCUT2D eigenvalue weighted by atomic mass is 9.97. The highest BCUT2D eigenvalue weighted by Crippen LogP contribution is 2.29. The second-order valence-corrected chi connectivity index (χ2v) is 4.09. The molecule has 2 heteroatoms. The highest BCUT2D eigenvalue weighted by Gasteiger charge is 2.24. The first-order valence-corrected chi connectivity index (χ1v) is 5.21. The van der Waals surface area contributed by atoms with Crippen molar-refractivity contribution in [2.75, 3.05) is 6.54 Å². The molecule has 0 radical (unpaired) electrons. The third-order valence-corrected chi connectivity index (χ3v) is 3.22. The van der Waals surface area contributed by atoms with Gasteiger partial charge in [-0.25, -0.2) is 0 Å². The fraction of sp³-hybridized carbons (Fsp3) is 0.727. The van der Waals surface area contributed by atoms with E-state index in [0.717, 1.165) is 0 Å². The first kappa shape index (κ1) is 8.79. The molecular weight excluding hydrogens is 160 g/mol. The minimum atomic E-state index is 0.407. The molecule has 2 aliphatic rings. The summed E-state index contributed by atoms with van der Waals surface area (Å²) in [6.45, 7) is 7.73. The van der Waals surface area contributed by atoms with Crippen LogP contribution in [0.2, 0.25) is 0 Å². The van der Waals surface area contributed by atoms with E-state index in [1.807, 2.05) is 0 Å². The van der Waals surface area contributed by atoms with Crippen LogP contribution in [0.1, 0.15) is 40.0 Å². The monoisotopic (exact) mass is 178 g/mol. The number of hydrogen-bond donors (Lipinski definition) is 0. The van der Waals surface area contributed by atoms with E-state index >= 15 is 0 Å². The van der Waals surface area contributed by atoms with Crippen molar-refractivity contribution in [3.63, 3.8) is 0 Å². The zero-order valence-corrected chi connectivity index (χ0v) is 8.80. The van der Waals surface area contributed by atoms with Gasteiger partial charge in [-0.1, -0.05) is 0 Å². The van der Waals surface area contributed by atoms with Crippen LogP contribution in [0.15, 0.2) is 16.3 Å². The predicted octanol–water partition coefficient (Wildman–Crippen LogP) is 2.57. The minimum Gasteiger partial charge on any atom is -0.334 e. The van der Waals surface area contributed by atoms with Crippen LogP contribution in [0.3, 0.4) is 0 Å². The summed E-state index contributed by atoms with van der Waals surface area (Å²) in [4.78, 5) is 7.03. The number of aliphatic imine (C=N–C) groups is 1. The lowest BCUT2D eigenvalue weighted by Crippen LogP contribution is -2.37. The van der Waals surface area contributed by atoms with Gasteiger partial charge in [0.25, 0.3) is 0 Å². The number of piperidine rings is 1. The minimum absolute atomic E-state index is 0.407. The molecule has 0 spiro atoms. The molecule has 1 fully saturated rings. The summed E-state index contributed by atoms with van der Waals surface area (Å²) < 4.78 is 0. The molecule has 0 saturated carbocycles. The van der Waals surface area contributed by atoms with Crippen LogP contribution in [0, 0.1) is 0 Å². The number of hydrogen-bond acceptors (Lipinski definition) is 2. The first-order chi connectivity index (χ1) is 6.20. The standard InChI is InChI=1S/C11H18N2/c1-8-9(2)12-10(3)13-7-5-4-6-11(8)13/h9H,4-7H2,1-3H3/t9-/m0/s1. The summed E-state index contributed by atoms with van der Waals surface area (Å²) in [5.74, 6) is 1.22. The Morgan fingerprint density at radius 3 is 2.85 bits per heavy atom. The quantitative estimate of drug-likeness (QED) is 0.556. The Bertz CT molecular complexity index is 276. The second kappa shape index (κ2) is 3.17. The van der Waals surface area contributed by atoms with Crippen LogP contribution in [0.25, 0.3) is 0 Å². The van der Waals surface area contributed by atoms with Crippen molar-refractivity contribution in [2.24, 2.45) is 4.99 Å². The van der Waals surface area contributed by atoms with Gasteiger partial charge in [0.2, 0.25) is 0 Å². The Balaban J connectivity index is 2.33. The molecule has 0 aromatic rings. The van der Waals surface area contributed by atoms with E-state index < -0.39 is 0 Å². The number of fused-ring (bicyclic) bond motifs is 1. The molecule has 72 valence electrons. The lowest BCUT2D eigenvalue weighted by Gasteiger charge is -2.37. The maximum absolute atomic E-state index is 4.63. The van der Waals surface area contributed by atoms with Crippen molar-refractivity contribution in [3.05, 3.63) is 11.3 Å². The first-order valence-electron chi connectivity index (χ1n) is 5.21. The van der Waals surface area contributed by atoms with Crippen molar-refractivity contribution in [1.29, 1.82) is 0 Å². The van der Waals surface area contributed by atoms with Crippen molar-refractivity contribution < 1.29 is 0 Å². The van der Waals surface area contributed by atoms with E-state index in [4.69, 9.17) is 0 Å². The van der Waals surface area contributed by atoms with Gasteiger partial charge in [0.1, 0.15) is 5.84 Å². The van der Waals surface area contributed by atoms with Crippen LogP contribution < -0.4 is 0 Å². The van der Waals surface area contributed by atoms with Crippen LogP contribution in [0.5, 0.6) is 0 Å². The lowest BCUT2D eigenvalue weighted by molar-refractivity contribution is 0.391. The maximum atomic E-state index is 4.63. The molecule has 2 nitrogen and oxygen atoms in total. The van der Waals surface area contributed by atoms with E-state index in [9.17, 15) is 0 Å². The van der Waals surface area contributed by atoms with Gasteiger partial charge in [0.15, 0.2) is 0 Å². The smallest absolute Gasteiger partial charge is 0.101 e. The van der Waals surface area contributed by atoms with Gasteiger partial charge < -0.3 is 4.90 Å². The average Bonchev–Trinajstić information content (AvgIpc) is 2.15. The van der Waals surface area contributed by atoms with Gasteiger partial charge in [-0.05, 0) is 45.6 Å². The second-order valence-electron chi connectivity index (χ2n) is 4.09. The molecule has 0 aliphatic carbocycles. The molecular formula is C11H18N2. The molecule has 0 unspecified atom stereocenters. The van der Waals surface area contributed by atoms with Crippen molar-refractivity contribution in [1.82, 2.24) is 4.90 Å². The predicted molar refractivity (Wildman–Crippen MR) is 55.8 cm³/mol. The zero-order chi connectivity index (χ0) is 9.42. The number of nitrogens with zero attached hydrogens (tertiary/aromatic N) is 2. The Kier molecular flexibility index (Phi) is 2.14. The molecule has 0 bridgehead atoms. The normalized spacial score (nSPS) is 28.7. The summed E-state index contributed by atoms with van der Waals surface area (Å²) in [5, 5.41) is 0. The summed E-state index contributed by atoms with van der Waals surface area (Å²) >= 11 is 0. The van der Waals surface area contributed by atoms with Gasteiger partial charge in [0, 0.05) is 12.2 Å². The highest BCUT2D eigenvalue weighted by molar-refractivity contribution is 5.83. The number of rotatable bonds is 0. The van der Waals surface area contributed by atoms with Crippen molar-refractivity contribution >= 4 is 5.84 Å². The highest BCUT2D eigenvalue weighted by atomic mass is 15.2. The topological polar surface area (TPSA) is 15.6 Å². The van der Waals surface area contributed by atoms with Crippen molar-refractivity contribution in [2.45, 2.75) is 46.1 Å². The molecule has 0 aromatic carbocycles. The maximum Gasteiger partial charge on any atom is 0.101 e. The Morgan fingerprint density at radius 1 is 1.31 bits per heavy atom. The van der Waals surface area contributed by atoms with Crippen LogP contribution in [0.4, 0.5) is 0 Å². The van der Waals surface area contributed by atoms with E-state index in [1.165, 1.54) is 37.2 Å². The van der Waals surface area contributed by atoms with E-state index in [0.29, 0.717) is 6.04 Å². The third kappa shape index (κ3) is 1.38. The number of amidine groups is 1. The SMILES string of the molecule is CC1=N[C@@H](C)C(C)=C2CCCCN12. The largest absolute Gasteiger partial charge is 0.334 e. The van der Waals surface area contributed by atoms with Gasteiger partial charge in [-0.15, -0.1) is 0 Å². The summed E-state index contributed by atoms with van der Waals surface area (Å²) in [7, 11) is 0. The molecule has 1 atom stereocenters. The Morgan fingerprint density at radius 2 is 2.08 bits per heavy atom. The van der Waals surface area contributed by atoms with Crippen molar-refractivity contribution in [3.8, 4) is 0 Å². The summed E-state index contributed by atoms with van der Waals surface area (Å²) in [5.41, 5.74) is 3.02. The molecule has 0 amide bonds. The Labute approximate surface area is 80.3 Å². The fourth-order valence-corrected chi connectivity index (χ4v) is 2.29. The van der Waals surface area contributed by atoms with Gasteiger partial charge >= 0.3 is 0 Å². The van der Waals surface area contributed by atoms with Gasteiger partial charge in [-0.2, -0.15) is 0 Å². The van der Waals surface area contributed by atoms with Crippen LogP contribution >= 0.6 is 0 Å². The van der Waals surface area contributed by atoms with E-state index in [2.05, 4.69) is 30.7 Å². The summed E-state index contributed by atoms with van der Waals surface area (Å²) in [6, 6.07) is 0.407. The average molecular weight is 178 g/mol. The van der Waals surface area contributed by atoms with Gasteiger partial charge in [-0.3, -0.25) is 4.99 Å². The third-order valence-electron chi connectivity index (χ3n) is 3.22. The van der Waals surface area contributed by atoms with E-state index in [1.54, 1.807) is 5.70 Å². The molecule has 0 aromatic heterocycles. The fourth-order valence-electron chi connectivity index (χ4n) is 2.29. The molecule has 2 heterocycles. The van der Waals surface area contributed by atoms with E-state index in [-0.39, 0.29) is 0 Å². The van der Waals surface area contributed by atoms with Crippen LogP contribution in [-0.2, 0) is 0 Å².